The van der Waals surface area contributed by atoms with E-state index in [9.17, 15) is 4.79 Å². The Labute approximate surface area is 245 Å². The van der Waals surface area contributed by atoms with Gasteiger partial charge in [0.2, 0.25) is 5.95 Å². The van der Waals surface area contributed by atoms with Crippen molar-refractivity contribution in [2.24, 2.45) is 0 Å². The summed E-state index contributed by atoms with van der Waals surface area (Å²) in [7, 11) is -1.78. The molecule has 0 unspecified atom stereocenters. The fraction of sp³-hybridized carbons (Fsp3) is 0.533. The first-order valence-corrected chi connectivity index (χ1v) is 17.3. The van der Waals surface area contributed by atoms with E-state index in [1.807, 2.05) is 49.8 Å². The van der Waals surface area contributed by atoms with Crippen LogP contribution in [0.4, 0.5) is 16.4 Å². The van der Waals surface area contributed by atoms with Gasteiger partial charge in [-0.15, -0.1) is 0 Å². The molecule has 222 valence electrons. The average Bonchev–Trinajstić information content (AvgIpc) is 3.31. The normalized spacial score (nSPS) is 14.3. The molecule has 0 radical (unpaired) electrons. The molecule has 0 atom stereocenters. The van der Waals surface area contributed by atoms with Crippen LogP contribution in [0.2, 0.25) is 18.1 Å². The summed E-state index contributed by atoms with van der Waals surface area (Å²) in [6, 6.07) is 7.98. The van der Waals surface area contributed by atoms with Crippen LogP contribution < -0.4 is 10.6 Å². The Kier molecular flexibility index (Phi) is 9.50. The van der Waals surface area contributed by atoms with E-state index in [2.05, 4.69) is 60.6 Å². The smallest absolute Gasteiger partial charge is 0.317 e. The van der Waals surface area contributed by atoms with Crippen LogP contribution in [-0.4, -0.2) is 70.9 Å². The van der Waals surface area contributed by atoms with Crippen molar-refractivity contribution >= 4 is 26.0 Å². The zero-order chi connectivity index (χ0) is 29.8. The lowest BCUT2D eigenvalue weighted by molar-refractivity contribution is -0.0641. The van der Waals surface area contributed by atoms with E-state index in [1.165, 1.54) is 0 Å². The summed E-state index contributed by atoms with van der Waals surface area (Å²) in [5.74, 6) is 0.503. The van der Waals surface area contributed by atoms with E-state index in [0.29, 0.717) is 38.7 Å². The van der Waals surface area contributed by atoms with Crippen LogP contribution in [-0.2, 0) is 22.3 Å². The number of aryl methyl sites for hydroxylation is 1. The minimum atomic E-state index is -1.78. The maximum atomic E-state index is 12.5. The van der Waals surface area contributed by atoms with Crippen molar-refractivity contribution in [1.29, 1.82) is 0 Å². The molecule has 1 saturated heterocycles. The highest BCUT2D eigenvalue weighted by Crippen LogP contribution is 2.36. The molecule has 41 heavy (non-hydrogen) atoms. The number of ether oxygens (including phenoxy) is 1. The number of hydrogen-bond acceptors (Lipinski definition) is 7. The first-order valence-electron chi connectivity index (χ1n) is 14.4. The van der Waals surface area contributed by atoms with Crippen molar-refractivity contribution in [2.75, 3.05) is 25.0 Å². The van der Waals surface area contributed by atoms with Crippen LogP contribution in [0.15, 0.2) is 42.9 Å². The number of amides is 2. The predicted molar refractivity (Wildman–Crippen MR) is 165 cm³/mol. The van der Waals surface area contributed by atoms with Crippen LogP contribution in [0.25, 0.3) is 11.3 Å². The standard InChI is InChI=1S/C30H45N7O3Si/c1-21(2)40-26-19-36(20-26)29(38)32-16-24-10-9-23(15-22(24)3)27-11-12-31-28(35-27)34-25-17-33-37(18-25)13-14-39-41(7,8)30(4,5)6/h9-12,15,17-18,21,26H,13-14,16,19-20H2,1-8H3,(H,32,38)(H,31,34,35). The molecule has 0 aliphatic carbocycles. The number of urea groups is 1. The lowest BCUT2D eigenvalue weighted by Gasteiger charge is -2.39. The van der Waals surface area contributed by atoms with Crippen LogP contribution >= 0.6 is 0 Å². The molecule has 2 aromatic heterocycles. The molecular weight excluding hydrogens is 534 g/mol. The summed E-state index contributed by atoms with van der Waals surface area (Å²) < 4.78 is 13.9. The molecule has 1 aliphatic rings. The van der Waals surface area contributed by atoms with Gasteiger partial charge in [-0.05, 0) is 62.2 Å². The Morgan fingerprint density at radius 3 is 2.63 bits per heavy atom. The molecule has 2 amide bonds. The number of rotatable bonds is 11. The van der Waals surface area contributed by atoms with Crippen molar-refractivity contribution in [3.05, 3.63) is 54.0 Å². The van der Waals surface area contributed by atoms with Gasteiger partial charge in [0.1, 0.15) is 0 Å². The van der Waals surface area contributed by atoms with E-state index >= 15 is 0 Å². The summed E-state index contributed by atoms with van der Waals surface area (Å²) >= 11 is 0. The first-order chi connectivity index (χ1) is 19.3. The fourth-order valence-electron chi connectivity index (χ4n) is 4.28. The van der Waals surface area contributed by atoms with Crippen LogP contribution in [0.3, 0.4) is 0 Å². The summed E-state index contributed by atoms with van der Waals surface area (Å²) in [5.41, 5.74) is 4.77. The van der Waals surface area contributed by atoms with Gasteiger partial charge in [-0.3, -0.25) is 4.68 Å². The number of nitrogens with zero attached hydrogens (tertiary/aromatic N) is 5. The van der Waals surface area contributed by atoms with Crippen molar-refractivity contribution in [3.8, 4) is 11.3 Å². The predicted octanol–water partition coefficient (Wildman–Crippen LogP) is 5.73. The lowest BCUT2D eigenvalue weighted by atomic mass is 10.0. The molecule has 0 spiro atoms. The number of nitrogens with one attached hydrogen (secondary N) is 2. The number of likely N-dealkylation sites (tertiary alicyclic amines) is 1. The number of carbonyl (C=O) groups is 1. The van der Waals surface area contributed by atoms with E-state index in [4.69, 9.17) is 14.1 Å². The van der Waals surface area contributed by atoms with Crippen molar-refractivity contribution in [3.63, 3.8) is 0 Å². The Balaban J connectivity index is 1.30. The van der Waals surface area contributed by atoms with Gasteiger partial charge in [-0.2, -0.15) is 5.10 Å². The van der Waals surface area contributed by atoms with Crippen molar-refractivity contribution in [1.82, 2.24) is 30.0 Å². The van der Waals surface area contributed by atoms with E-state index in [-0.39, 0.29) is 23.3 Å². The maximum Gasteiger partial charge on any atom is 0.317 e. The summed E-state index contributed by atoms with van der Waals surface area (Å²) in [5, 5.41) is 10.9. The minimum Gasteiger partial charge on any atom is -0.415 e. The maximum absolute atomic E-state index is 12.5. The zero-order valence-corrected chi connectivity index (χ0v) is 26.7. The SMILES string of the molecule is Cc1cc(-c2ccnc(Nc3cnn(CCO[Si](C)(C)C(C)(C)C)c3)n2)ccc1CNC(=O)N1CC(OC(C)C)C1. The Morgan fingerprint density at radius 1 is 1.20 bits per heavy atom. The van der Waals surface area contributed by atoms with Gasteiger partial charge >= 0.3 is 6.03 Å². The second kappa shape index (κ2) is 12.7. The molecule has 0 bridgehead atoms. The highest BCUT2D eigenvalue weighted by Gasteiger charge is 2.37. The van der Waals surface area contributed by atoms with Crippen molar-refractivity contribution in [2.45, 2.75) is 85.0 Å². The number of hydrogen-bond donors (Lipinski definition) is 2. The molecule has 1 fully saturated rings. The van der Waals surface area contributed by atoms with Gasteiger partial charge in [0.25, 0.3) is 0 Å². The highest BCUT2D eigenvalue weighted by molar-refractivity contribution is 6.74. The minimum absolute atomic E-state index is 0.0601. The summed E-state index contributed by atoms with van der Waals surface area (Å²) in [4.78, 5) is 23.4. The first kappa shape index (κ1) is 30.7. The third-order valence-corrected chi connectivity index (χ3v) is 12.3. The van der Waals surface area contributed by atoms with Gasteiger partial charge in [0, 0.05) is 24.5 Å². The number of carbonyl (C=O) groups excluding carboxylic acids is 1. The second-order valence-electron chi connectivity index (χ2n) is 12.5. The molecule has 1 aliphatic heterocycles. The molecule has 10 nitrogen and oxygen atoms in total. The topological polar surface area (TPSA) is 106 Å². The number of aromatic nitrogens is 4. The van der Waals surface area contributed by atoms with E-state index in [0.717, 1.165) is 28.1 Å². The van der Waals surface area contributed by atoms with Crippen molar-refractivity contribution < 1.29 is 14.0 Å². The monoisotopic (exact) mass is 579 g/mol. The van der Waals surface area contributed by atoms with E-state index in [1.54, 1.807) is 17.3 Å². The van der Waals surface area contributed by atoms with Gasteiger partial charge < -0.3 is 24.7 Å². The molecule has 1 aromatic carbocycles. The average molecular weight is 580 g/mol. The Morgan fingerprint density at radius 2 is 1.95 bits per heavy atom. The zero-order valence-electron chi connectivity index (χ0n) is 25.7. The van der Waals surface area contributed by atoms with Crippen LogP contribution in [0, 0.1) is 6.92 Å². The van der Waals surface area contributed by atoms with Crippen LogP contribution in [0.5, 0.6) is 0 Å². The third-order valence-electron chi connectivity index (χ3n) is 7.80. The quantitative estimate of drug-likeness (QED) is 0.279. The largest absolute Gasteiger partial charge is 0.415 e. The highest BCUT2D eigenvalue weighted by atomic mass is 28.4. The Hall–Kier alpha value is -3.28. The number of anilines is 2. The second-order valence-corrected chi connectivity index (χ2v) is 17.3. The summed E-state index contributed by atoms with van der Waals surface area (Å²) in [6.07, 6.45) is 5.77. The molecule has 3 aromatic rings. The van der Waals surface area contributed by atoms with Gasteiger partial charge in [0.15, 0.2) is 8.32 Å². The summed E-state index contributed by atoms with van der Waals surface area (Å²) in [6.45, 7) is 20.4. The molecule has 3 heterocycles. The molecule has 11 heteroatoms. The third kappa shape index (κ3) is 8.14. The number of benzene rings is 1. The van der Waals surface area contributed by atoms with Crippen LogP contribution in [0.1, 0.15) is 45.7 Å². The van der Waals surface area contributed by atoms with Gasteiger partial charge in [-0.1, -0.05) is 32.9 Å². The molecular formula is C30H45N7O3Si. The fourth-order valence-corrected chi connectivity index (χ4v) is 5.32. The molecule has 4 rings (SSSR count). The molecule has 2 N–H and O–H groups in total. The van der Waals surface area contributed by atoms with E-state index < -0.39 is 8.32 Å². The van der Waals surface area contributed by atoms with Gasteiger partial charge in [-0.25, -0.2) is 14.8 Å². The lowest BCUT2D eigenvalue weighted by Crippen LogP contribution is -2.58. The van der Waals surface area contributed by atoms with Gasteiger partial charge in [0.05, 0.1) is 56.0 Å². The molecule has 0 saturated carbocycles. The Bertz CT molecular complexity index is 1330.